The maximum absolute atomic E-state index is 13.0. The van der Waals surface area contributed by atoms with Crippen molar-refractivity contribution in [3.63, 3.8) is 0 Å². The molecule has 1 aliphatic heterocycles. The Morgan fingerprint density at radius 3 is 2.72 bits per heavy atom. The molecule has 4 rings (SSSR count). The Hall–Kier alpha value is -2.67. The molecule has 1 N–H and O–H groups in total. The topological polar surface area (TPSA) is 64.0 Å². The summed E-state index contributed by atoms with van der Waals surface area (Å²) in [4.78, 5) is 4.44. The summed E-state index contributed by atoms with van der Waals surface area (Å²) < 4.78 is 42.6. The van der Waals surface area contributed by atoms with E-state index >= 15 is 0 Å². The van der Waals surface area contributed by atoms with E-state index in [1.54, 1.807) is 18.2 Å². The van der Waals surface area contributed by atoms with E-state index < -0.39 is 15.8 Å². The van der Waals surface area contributed by atoms with Gasteiger partial charge in [-0.15, -0.1) is 0 Å². The summed E-state index contributed by atoms with van der Waals surface area (Å²) in [6, 6.07) is 11.9. The van der Waals surface area contributed by atoms with Gasteiger partial charge in [-0.25, -0.2) is 17.8 Å². The summed E-state index contributed by atoms with van der Waals surface area (Å²) in [6.07, 6.45) is 3.87. The van der Waals surface area contributed by atoms with Gasteiger partial charge in [0.2, 0.25) is 0 Å². The Morgan fingerprint density at radius 2 is 1.92 bits per heavy atom. The standard InChI is InChI=1S/C18H16FN3O2S/c19-14-6-8-16(9-7-14)25(23,24)21-15-4-1-3-13(11-15)17-12-20-18-5-2-10-22(17)18/h1,3-4,6-9,11-12,21H,2,5,10H2. The average molecular weight is 357 g/mol. The molecule has 0 bridgehead atoms. The summed E-state index contributed by atoms with van der Waals surface area (Å²) in [6.45, 7) is 0.927. The first-order valence-corrected chi connectivity index (χ1v) is 9.44. The summed E-state index contributed by atoms with van der Waals surface area (Å²) >= 11 is 0. The molecule has 0 amide bonds. The molecule has 0 aliphatic carbocycles. The van der Waals surface area contributed by atoms with Gasteiger partial charge in [0, 0.05) is 24.2 Å². The molecule has 3 aromatic rings. The second kappa shape index (κ2) is 6.00. The van der Waals surface area contributed by atoms with E-state index in [2.05, 4.69) is 14.3 Å². The summed E-state index contributed by atoms with van der Waals surface area (Å²) in [5.41, 5.74) is 2.34. The zero-order valence-electron chi connectivity index (χ0n) is 13.3. The quantitative estimate of drug-likeness (QED) is 0.778. The van der Waals surface area contributed by atoms with Crippen LogP contribution in [0.4, 0.5) is 10.1 Å². The molecule has 25 heavy (non-hydrogen) atoms. The number of aryl methyl sites for hydroxylation is 1. The number of imidazole rings is 1. The molecule has 7 heteroatoms. The highest BCUT2D eigenvalue weighted by Crippen LogP contribution is 2.28. The Kier molecular flexibility index (Phi) is 3.80. The van der Waals surface area contributed by atoms with Crippen LogP contribution in [0.2, 0.25) is 0 Å². The predicted octanol–water partition coefficient (Wildman–Crippen LogP) is 3.44. The van der Waals surface area contributed by atoms with Gasteiger partial charge < -0.3 is 4.57 Å². The molecule has 1 aliphatic rings. The number of sulfonamides is 1. The molecule has 0 saturated carbocycles. The molecule has 2 aromatic carbocycles. The number of aromatic nitrogens is 2. The van der Waals surface area contributed by atoms with Gasteiger partial charge >= 0.3 is 0 Å². The van der Waals surface area contributed by atoms with Crippen molar-refractivity contribution in [3.05, 3.63) is 66.4 Å². The van der Waals surface area contributed by atoms with E-state index in [9.17, 15) is 12.8 Å². The lowest BCUT2D eigenvalue weighted by molar-refractivity contribution is 0.599. The van der Waals surface area contributed by atoms with Crippen molar-refractivity contribution >= 4 is 15.7 Å². The zero-order chi connectivity index (χ0) is 17.4. The van der Waals surface area contributed by atoms with Crippen LogP contribution in [-0.4, -0.2) is 18.0 Å². The highest BCUT2D eigenvalue weighted by Gasteiger charge is 2.18. The lowest BCUT2D eigenvalue weighted by Crippen LogP contribution is -2.13. The molecule has 0 saturated heterocycles. The molecule has 0 atom stereocenters. The minimum atomic E-state index is -3.77. The maximum Gasteiger partial charge on any atom is 0.261 e. The third-order valence-electron chi connectivity index (χ3n) is 4.25. The number of nitrogens with zero attached hydrogens (tertiary/aromatic N) is 2. The van der Waals surface area contributed by atoms with Crippen LogP contribution in [0, 0.1) is 5.82 Å². The molecule has 0 unspecified atom stereocenters. The summed E-state index contributed by atoms with van der Waals surface area (Å²) in [5, 5.41) is 0. The monoisotopic (exact) mass is 357 g/mol. The van der Waals surface area contributed by atoms with E-state index in [0.29, 0.717) is 5.69 Å². The number of halogens is 1. The van der Waals surface area contributed by atoms with E-state index in [-0.39, 0.29) is 4.90 Å². The minimum absolute atomic E-state index is 0.0181. The van der Waals surface area contributed by atoms with Gasteiger partial charge in [-0.1, -0.05) is 12.1 Å². The first-order valence-electron chi connectivity index (χ1n) is 7.96. The second-order valence-corrected chi connectivity index (χ2v) is 7.64. The van der Waals surface area contributed by atoms with E-state index in [1.807, 2.05) is 12.3 Å². The van der Waals surface area contributed by atoms with Crippen LogP contribution >= 0.6 is 0 Å². The van der Waals surface area contributed by atoms with Crippen molar-refractivity contribution < 1.29 is 12.8 Å². The van der Waals surface area contributed by atoms with Crippen molar-refractivity contribution in [1.29, 1.82) is 0 Å². The molecule has 2 heterocycles. The van der Waals surface area contributed by atoms with Crippen LogP contribution in [-0.2, 0) is 23.0 Å². The van der Waals surface area contributed by atoms with Crippen LogP contribution in [0.3, 0.4) is 0 Å². The van der Waals surface area contributed by atoms with Crippen molar-refractivity contribution in [3.8, 4) is 11.3 Å². The summed E-state index contributed by atoms with van der Waals surface area (Å²) in [5.74, 6) is 0.586. The van der Waals surface area contributed by atoms with Gasteiger partial charge in [-0.3, -0.25) is 4.72 Å². The van der Waals surface area contributed by atoms with Gasteiger partial charge in [0.15, 0.2) is 0 Å². The number of rotatable bonds is 4. The van der Waals surface area contributed by atoms with Gasteiger partial charge in [0.25, 0.3) is 10.0 Å². The Balaban J connectivity index is 1.64. The maximum atomic E-state index is 13.0. The number of anilines is 1. The van der Waals surface area contributed by atoms with Crippen molar-refractivity contribution in [2.45, 2.75) is 24.3 Å². The number of hydrogen-bond donors (Lipinski definition) is 1. The third-order valence-corrected chi connectivity index (χ3v) is 5.65. The minimum Gasteiger partial charge on any atom is -0.328 e. The van der Waals surface area contributed by atoms with E-state index in [1.165, 1.54) is 12.1 Å². The Morgan fingerprint density at radius 1 is 1.12 bits per heavy atom. The Bertz CT molecular complexity index is 1030. The number of fused-ring (bicyclic) bond motifs is 1. The number of benzene rings is 2. The van der Waals surface area contributed by atoms with Crippen molar-refractivity contribution in [2.75, 3.05) is 4.72 Å². The number of nitrogens with one attached hydrogen (secondary N) is 1. The number of hydrogen-bond acceptors (Lipinski definition) is 3. The van der Waals surface area contributed by atoms with Crippen LogP contribution in [0.1, 0.15) is 12.2 Å². The fraction of sp³-hybridized carbons (Fsp3) is 0.167. The molecule has 0 radical (unpaired) electrons. The molecular formula is C18H16FN3O2S. The largest absolute Gasteiger partial charge is 0.328 e. The first-order chi connectivity index (χ1) is 12.0. The smallest absolute Gasteiger partial charge is 0.261 e. The highest BCUT2D eigenvalue weighted by atomic mass is 32.2. The Labute approximate surface area is 145 Å². The fourth-order valence-electron chi connectivity index (χ4n) is 3.06. The van der Waals surface area contributed by atoms with Crippen molar-refractivity contribution in [1.82, 2.24) is 9.55 Å². The van der Waals surface area contributed by atoms with Gasteiger partial charge in [0.1, 0.15) is 11.6 Å². The second-order valence-electron chi connectivity index (χ2n) is 5.96. The van der Waals surface area contributed by atoms with Crippen molar-refractivity contribution in [2.24, 2.45) is 0 Å². The van der Waals surface area contributed by atoms with E-state index in [0.717, 1.165) is 48.6 Å². The van der Waals surface area contributed by atoms with Crippen LogP contribution in [0.5, 0.6) is 0 Å². The van der Waals surface area contributed by atoms with Gasteiger partial charge in [-0.05, 0) is 42.8 Å². The SMILES string of the molecule is O=S(=O)(Nc1cccc(-c2cnc3n2CCC3)c1)c1ccc(F)cc1. The fourth-order valence-corrected chi connectivity index (χ4v) is 4.11. The van der Waals surface area contributed by atoms with Gasteiger partial charge in [0.05, 0.1) is 16.8 Å². The predicted molar refractivity (Wildman–Crippen MR) is 93.2 cm³/mol. The lowest BCUT2D eigenvalue weighted by Gasteiger charge is -2.10. The zero-order valence-corrected chi connectivity index (χ0v) is 14.1. The molecule has 1 aromatic heterocycles. The van der Waals surface area contributed by atoms with Crippen LogP contribution < -0.4 is 4.72 Å². The molecule has 5 nitrogen and oxygen atoms in total. The molecule has 0 spiro atoms. The van der Waals surface area contributed by atoms with E-state index in [4.69, 9.17) is 0 Å². The summed E-state index contributed by atoms with van der Waals surface area (Å²) in [7, 11) is -3.77. The van der Waals surface area contributed by atoms with Gasteiger partial charge in [-0.2, -0.15) is 0 Å². The molecule has 0 fully saturated rings. The van der Waals surface area contributed by atoms with Crippen LogP contribution in [0.15, 0.2) is 59.6 Å². The lowest BCUT2D eigenvalue weighted by atomic mass is 10.1. The van der Waals surface area contributed by atoms with Crippen LogP contribution in [0.25, 0.3) is 11.3 Å². The normalized spacial score (nSPS) is 13.6. The molecular weight excluding hydrogens is 341 g/mol. The molecule has 128 valence electrons. The average Bonchev–Trinajstić information content (AvgIpc) is 3.18. The first kappa shape index (κ1) is 15.8. The third kappa shape index (κ3) is 3.02. The highest BCUT2D eigenvalue weighted by molar-refractivity contribution is 7.92.